The lowest BCUT2D eigenvalue weighted by Crippen LogP contribution is -2.18. The minimum absolute atomic E-state index is 0.0751. The van der Waals surface area contributed by atoms with Gasteiger partial charge < -0.3 is 4.52 Å². The molecule has 0 N–H and O–H groups in total. The molecule has 0 aromatic rings. The van der Waals surface area contributed by atoms with Crippen molar-refractivity contribution < 1.29 is 13.6 Å². The lowest BCUT2D eigenvalue weighted by Gasteiger charge is -2.20. The van der Waals surface area contributed by atoms with Crippen LogP contribution in [0.4, 0.5) is 0 Å². The highest BCUT2D eigenvalue weighted by Gasteiger charge is 2.48. The molecule has 0 bridgehead atoms. The second-order valence-electron chi connectivity index (χ2n) is 4.18. The Morgan fingerprint density at radius 3 is 2.62 bits per heavy atom. The monoisotopic (exact) mass is 286 g/mol. The predicted octanol–water partition coefficient (Wildman–Crippen LogP) is 4.49. The molecule has 0 aliphatic carbocycles. The van der Waals surface area contributed by atoms with E-state index in [2.05, 4.69) is 0 Å². The van der Waals surface area contributed by atoms with E-state index in [0.717, 1.165) is 12.8 Å². The Hall–Kier alpha value is 0.470. The summed E-state index contributed by atoms with van der Waals surface area (Å²) in [5.41, 5.74) is -0.770. The molecule has 0 amide bonds. The second-order valence-corrected chi connectivity index (χ2v) is 6.80. The molecular weight excluding hydrogens is 270 g/mol. The van der Waals surface area contributed by atoms with Gasteiger partial charge in [0.15, 0.2) is 0 Å². The van der Waals surface area contributed by atoms with Crippen LogP contribution in [0.15, 0.2) is 10.3 Å². The summed E-state index contributed by atoms with van der Waals surface area (Å²) < 4.78 is 23.2. The van der Waals surface area contributed by atoms with Crippen molar-refractivity contribution in [3.05, 3.63) is 10.3 Å². The van der Waals surface area contributed by atoms with Gasteiger partial charge >= 0.3 is 7.60 Å². The van der Waals surface area contributed by atoms with Crippen molar-refractivity contribution in [1.29, 1.82) is 0 Å². The van der Waals surface area contributed by atoms with Crippen LogP contribution in [0.2, 0.25) is 0 Å². The third kappa shape index (κ3) is 2.83. The number of halogens is 2. The van der Waals surface area contributed by atoms with Gasteiger partial charge in [-0.05, 0) is 20.3 Å². The quantitative estimate of drug-likeness (QED) is 0.424. The number of rotatable bonds is 5. The van der Waals surface area contributed by atoms with Gasteiger partial charge in [0.05, 0.1) is 22.8 Å². The van der Waals surface area contributed by atoms with E-state index in [9.17, 15) is 4.57 Å². The minimum atomic E-state index is -3.27. The highest BCUT2D eigenvalue weighted by molar-refractivity contribution is 7.59. The maximum absolute atomic E-state index is 12.4. The summed E-state index contributed by atoms with van der Waals surface area (Å²) in [6.45, 7) is 5.94. The van der Waals surface area contributed by atoms with E-state index >= 15 is 0 Å². The van der Waals surface area contributed by atoms with Crippen molar-refractivity contribution in [2.75, 3.05) is 12.5 Å². The number of alkyl halides is 1. The molecule has 16 heavy (non-hydrogen) atoms. The van der Waals surface area contributed by atoms with E-state index in [4.69, 9.17) is 32.2 Å². The molecule has 0 saturated heterocycles. The van der Waals surface area contributed by atoms with Crippen LogP contribution in [0.3, 0.4) is 0 Å². The Labute approximate surface area is 107 Å². The topological polar surface area (TPSA) is 35.5 Å². The molecule has 94 valence electrons. The van der Waals surface area contributed by atoms with Gasteiger partial charge in [0.25, 0.3) is 0 Å². The largest absolute Gasteiger partial charge is 0.360 e. The van der Waals surface area contributed by atoms with Crippen LogP contribution in [-0.2, 0) is 13.6 Å². The predicted molar refractivity (Wildman–Crippen MR) is 67.2 cm³/mol. The molecule has 0 aromatic heterocycles. The van der Waals surface area contributed by atoms with E-state index in [0.29, 0.717) is 17.0 Å². The normalized spacial score (nSPS) is 28.8. The molecule has 1 unspecified atom stereocenters. The first-order valence-corrected chi connectivity index (χ1v) is 7.74. The van der Waals surface area contributed by atoms with Crippen molar-refractivity contribution in [2.24, 2.45) is 0 Å². The van der Waals surface area contributed by atoms with Gasteiger partial charge in [-0.2, -0.15) is 0 Å². The molecule has 6 heteroatoms. The van der Waals surface area contributed by atoms with Gasteiger partial charge in [-0.25, -0.2) is 0 Å². The fraction of sp³-hybridized carbons (Fsp3) is 0.800. The van der Waals surface area contributed by atoms with E-state index in [1.807, 2.05) is 6.92 Å². The van der Waals surface area contributed by atoms with Crippen molar-refractivity contribution in [3.63, 3.8) is 0 Å². The molecule has 1 rings (SSSR count). The zero-order valence-electron chi connectivity index (χ0n) is 9.76. The molecule has 0 radical (unpaired) electrons. The van der Waals surface area contributed by atoms with Gasteiger partial charge in [0.1, 0.15) is 5.60 Å². The third-order valence-electron chi connectivity index (χ3n) is 2.35. The summed E-state index contributed by atoms with van der Waals surface area (Å²) >= 11 is 11.8. The Bertz CT molecular complexity index is 339. The molecule has 0 aromatic carbocycles. The summed E-state index contributed by atoms with van der Waals surface area (Å²) in [7, 11) is -3.27. The highest BCUT2D eigenvalue weighted by atomic mass is 35.5. The Balaban J connectivity index is 2.86. The van der Waals surface area contributed by atoms with Gasteiger partial charge in [-0.1, -0.05) is 24.9 Å². The SMILES string of the molecule is CCCCOP1(=O)OC(C)(C)C(Cl)=C1CCl. The maximum atomic E-state index is 12.4. The average molecular weight is 287 g/mol. The summed E-state index contributed by atoms with van der Waals surface area (Å²) in [6.07, 6.45) is 1.80. The van der Waals surface area contributed by atoms with Gasteiger partial charge in [0, 0.05) is 0 Å². The zero-order chi connectivity index (χ0) is 12.4. The van der Waals surface area contributed by atoms with E-state index in [-0.39, 0.29) is 5.88 Å². The molecule has 1 heterocycles. The van der Waals surface area contributed by atoms with Gasteiger partial charge in [-0.15, -0.1) is 11.6 Å². The summed E-state index contributed by atoms with van der Waals surface area (Å²) in [5, 5.41) is 0.805. The summed E-state index contributed by atoms with van der Waals surface area (Å²) in [4.78, 5) is 0. The number of allylic oxidation sites excluding steroid dienone is 1. The van der Waals surface area contributed by atoms with Crippen LogP contribution < -0.4 is 0 Å². The number of hydrogen-bond donors (Lipinski definition) is 0. The van der Waals surface area contributed by atoms with Crippen LogP contribution in [0.5, 0.6) is 0 Å². The lowest BCUT2D eigenvalue weighted by molar-refractivity contribution is 0.130. The highest BCUT2D eigenvalue weighted by Crippen LogP contribution is 2.67. The van der Waals surface area contributed by atoms with Crippen LogP contribution in [0, 0.1) is 0 Å². The molecule has 0 spiro atoms. The third-order valence-corrected chi connectivity index (χ3v) is 5.88. The number of hydrogen-bond acceptors (Lipinski definition) is 3. The molecular formula is C10H17Cl2O3P. The standard InChI is InChI=1S/C10H17Cl2O3P/c1-4-5-6-14-16(13)8(7-11)9(12)10(2,3)15-16/h4-7H2,1-3H3. The number of unbranched alkanes of at least 4 members (excludes halogenated alkanes) is 1. The van der Waals surface area contributed by atoms with Crippen molar-refractivity contribution in [2.45, 2.75) is 39.2 Å². The van der Waals surface area contributed by atoms with Crippen molar-refractivity contribution >= 4 is 30.8 Å². The van der Waals surface area contributed by atoms with Crippen molar-refractivity contribution in [1.82, 2.24) is 0 Å². The van der Waals surface area contributed by atoms with Crippen molar-refractivity contribution in [3.8, 4) is 0 Å². The Kier molecular flexibility index (Phi) is 4.91. The average Bonchev–Trinajstić information content (AvgIpc) is 2.34. The van der Waals surface area contributed by atoms with Gasteiger partial charge in [-0.3, -0.25) is 9.09 Å². The first-order chi connectivity index (χ1) is 7.37. The second kappa shape index (κ2) is 5.41. The Morgan fingerprint density at radius 1 is 1.50 bits per heavy atom. The van der Waals surface area contributed by atoms with E-state index in [1.165, 1.54) is 0 Å². The van der Waals surface area contributed by atoms with E-state index < -0.39 is 13.2 Å². The van der Waals surface area contributed by atoms with Crippen LogP contribution in [0.1, 0.15) is 33.6 Å². The van der Waals surface area contributed by atoms with E-state index in [1.54, 1.807) is 13.8 Å². The molecule has 1 aliphatic heterocycles. The fourth-order valence-corrected chi connectivity index (χ4v) is 4.58. The smallest absolute Gasteiger partial charge is 0.305 e. The molecule has 1 aliphatic rings. The Morgan fingerprint density at radius 2 is 2.12 bits per heavy atom. The first-order valence-electron chi connectivity index (χ1n) is 5.28. The summed E-state index contributed by atoms with van der Waals surface area (Å²) in [5.74, 6) is 0.0751. The zero-order valence-corrected chi connectivity index (χ0v) is 12.2. The summed E-state index contributed by atoms with van der Waals surface area (Å²) in [6, 6.07) is 0. The minimum Gasteiger partial charge on any atom is -0.305 e. The van der Waals surface area contributed by atoms with Gasteiger partial charge in [0.2, 0.25) is 0 Å². The van der Waals surface area contributed by atoms with Crippen LogP contribution >= 0.6 is 30.8 Å². The molecule has 1 atom stereocenters. The molecule has 0 fully saturated rings. The fourth-order valence-electron chi connectivity index (χ4n) is 1.43. The van der Waals surface area contributed by atoms with Crippen LogP contribution in [0.25, 0.3) is 0 Å². The molecule has 3 nitrogen and oxygen atoms in total. The molecule has 0 saturated carbocycles. The first kappa shape index (κ1) is 14.5. The van der Waals surface area contributed by atoms with Crippen LogP contribution in [-0.4, -0.2) is 18.1 Å². The maximum Gasteiger partial charge on any atom is 0.360 e. The lowest BCUT2D eigenvalue weighted by atomic mass is 10.1.